The number of halogens is 2. The number of likely N-dealkylation sites (tertiary alicyclic amines) is 1. The van der Waals surface area contributed by atoms with Crippen molar-refractivity contribution in [2.75, 3.05) is 13.1 Å². The van der Waals surface area contributed by atoms with Crippen molar-refractivity contribution in [2.24, 2.45) is 11.7 Å². The summed E-state index contributed by atoms with van der Waals surface area (Å²) in [6.45, 7) is 2.57. The highest BCUT2D eigenvalue weighted by atomic mass is 19.1. The predicted octanol–water partition coefficient (Wildman–Crippen LogP) is 2.98. The van der Waals surface area contributed by atoms with Crippen LogP contribution in [0.25, 0.3) is 0 Å². The molecule has 0 amide bonds. The minimum absolute atomic E-state index is 0.0505. The molecule has 2 unspecified atom stereocenters. The van der Waals surface area contributed by atoms with E-state index < -0.39 is 17.4 Å². The van der Waals surface area contributed by atoms with Crippen molar-refractivity contribution in [3.8, 4) is 0 Å². The molecular formula is C19H22F2N2O. The molecule has 1 aliphatic heterocycles. The lowest BCUT2D eigenvalue weighted by Gasteiger charge is -2.27. The van der Waals surface area contributed by atoms with Crippen LogP contribution < -0.4 is 5.73 Å². The molecule has 3 nitrogen and oxygen atoms in total. The number of nitrogens with two attached hydrogens (primary N) is 1. The summed E-state index contributed by atoms with van der Waals surface area (Å²) in [5.41, 5.74) is 5.35. The molecule has 1 saturated heterocycles. The van der Waals surface area contributed by atoms with Gasteiger partial charge >= 0.3 is 0 Å². The molecule has 3 rings (SSSR count). The fourth-order valence-corrected chi connectivity index (χ4v) is 3.46. The maximum absolute atomic E-state index is 13.9. The quantitative estimate of drug-likeness (QED) is 0.828. The van der Waals surface area contributed by atoms with Crippen LogP contribution in [0.4, 0.5) is 8.78 Å². The lowest BCUT2D eigenvalue weighted by atomic mass is 9.91. The molecular weight excluding hydrogens is 310 g/mol. The van der Waals surface area contributed by atoms with Gasteiger partial charge in [-0.3, -0.25) is 10.6 Å². The Balaban J connectivity index is 1.62. The minimum Gasteiger partial charge on any atom is -0.372 e. The summed E-state index contributed by atoms with van der Waals surface area (Å²) in [7, 11) is 0. The highest BCUT2D eigenvalue weighted by Crippen LogP contribution is 2.31. The predicted molar refractivity (Wildman–Crippen MR) is 88.9 cm³/mol. The number of rotatable bonds is 5. The lowest BCUT2D eigenvalue weighted by Crippen LogP contribution is -2.40. The van der Waals surface area contributed by atoms with E-state index in [-0.39, 0.29) is 17.9 Å². The first-order valence-electron chi connectivity index (χ1n) is 8.17. The molecule has 5 heteroatoms. The molecule has 1 fully saturated rings. The van der Waals surface area contributed by atoms with Crippen molar-refractivity contribution in [3.05, 3.63) is 71.3 Å². The van der Waals surface area contributed by atoms with Crippen LogP contribution in [0.2, 0.25) is 0 Å². The topological polar surface area (TPSA) is 49.5 Å². The third kappa shape index (κ3) is 3.98. The van der Waals surface area contributed by atoms with Gasteiger partial charge in [0.25, 0.3) is 0 Å². The Hall–Kier alpha value is -1.82. The smallest absolute Gasteiger partial charge is 0.142 e. The number of benzene rings is 2. The van der Waals surface area contributed by atoms with E-state index >= 15 is 0 Å². The Bertz CT molecular complexity index is 691. The second-order valence-corrected chi connectivity index (χ2v) is 6.63. The Morgan fingerprint density at radius 2 is 1.92 bits per heavy atom. The van der Waals surface area contributed by atoms with Gasteiger partial charge in [0, 0.05) is 24.7 Å². The van der Waals surface area contributed by atoms with E-state index in [1.807, 2.05) is 18.2 Å². The number of hydrogen-bond donors (Lipinski definition) is 2. The Morgan fingerprint density at radius 1 is 1.17 bits per heavy atom. The fraction of sp³-hybridized carbons (Fsp3) is 0.368. The van der Waals surface area contributed by atoms with Crippen LogP contribution >= 0.6 is 0 Å². The maximum atomic E-state index is 13.9. The van der Waals surface area contributed by atoms with Crippen molar-refractivity contribution in [2.45, 2.75) is 25.1 Å². The Kier molecular flexibility index (Phi) is 4.94. The summed E-state index contributed by atoms with van der Waals surface area (Å²) in [4.78, 5) is 2.30. The summed E-state index contributed by atoms with van der Waals surface area (Å²) in [5.74, 6) is -1.31. The van der Waals surface area contributed by atoms with Gasteiger partial charge in [0.15, 0.2) is 0 Å². The molecule has 128 valence electrons. The Labute approximate surface area is 140 Å². The van der Waals surface area contributed by atoms with E-state index in [0.717, 1.165) is 38.2 Å². The molecule has 24 heavy (non-hydrogen) atoms. The van der Waals surface area contributed by atoms with Crippen molar-refractivity contribution >= 4 is 0 Å². The largest absolute Gasteiger partial charge is 0.372 e. The van der Waals surface area contributed by atoms with Crippen molar-refractivity contribution < 1.29 is 13.9 Å². The summed E-state index contributed by atoms with van der Waals surface area (Å²) in [6.07, 6.45) is 1.15. The summed E-state index contributed by atoms with van der Waals surface area (Å²) in [5, 5.41) is 10.5. The molecule has 0 saturated carbocycles. The second-order valence-electron chi connectivity index (χ2n) is 6.63. The van der Waals surface area contributed by atoms with Crippen LogP contribution in [-0.2, 0) is 12.3 Å². The van der Waals surface area contributed by atoms with E-state index in [2.05, 4.69) is 17.0 Å². The van der Waals surface area contributed by atoms with Crippen LogP contribution in [0.15, 0.2) is 48.5 Å². The molecule has 0 bridgehead atoms. The van der Waals surface area contributed by atoms with Gasteiger partial charge in [-0.15, -0.1) is 0 Å². The summed E-state index contributed by atoms with van der Waals surface area (Å²) in [6, 6.07) is 13.3. The van der Waals surface area contributed by atoms with Gasteiger partial charge in [0.1, 0.15) is 17.4 Å². The van der Waals surface area contributed by atoms with Crippen LogP contribution in [-0.4, -0.2) is 23.1 Å². The second kappa shape index (κ2) is 6.97. The summed E-state index contributed by atoms with van der Waals surface area (Å²) >= 11 is 0. The van der Waals surface area contributed by atoms with Gasteiger partial charge in [-0.25, -0.2) is 8.78 Å². The normalized spacial score (nSPS) is 20.9. The third-order valence-electron chi connectivity index (χ3n) is 4.62. The number of hydrogen-bond acceptors (Lipinski definition) is 3. The van der Waals surface area contributed by atoms with E-state index in [4.69, 9.17) is 5.73 Å². The number of nitrogens with zero attached hydrogens (tertiary/aromatic N) is 1. The average Bonchev–Trinajstić information content (AvgIpc) is 2.94. The monoisotopic (exact) mass is 332 g/mol. The number of aliphatic hydroxyl groups is 1. The van der Waals surface area contributed by atoms with Crippen molar-refractivity contribution in [1.82, 2.24) is 4.90 Å². The zero-order valence-corrected chi connectivity index (χ0v) is 13.5. The Morgan fingerprint density at radius 3 is 2.62 bits per heavy atom. The van der Waals surface area contributed by atoms with Crippen molar-refractivity contribution in [1.29, 1.82) is 0 Å². The first kappa shape index (κ1) is 17.0. The van der Waals surface area contributed by atoms with Crippen LogP contribution in [0, 0.1) is 17.6 Å². The van der Waals surface area contributed by atoms with Crippen LogP contribution in [0.5, 0.6) is 0 Å². The van der Waals surface area contributed by atoms with Gasteiger partial charge in [0.2, 0.25) is 0 Å². The van der Waals surface area contributed by atoms with Gasteiger partial charge in [0.05, 0.1) is 0 Å². The van der Waals surface area contributed by atoms with Crippen LogP contribution in [0.3, 0.4) is 0 Å². The zero-order chi connectivity index (χ0) is 17.2. The zero-order valence-electron chi connectivity index (χ0n) is 13.5. The van der Waals surface area contributed by atoms with E-state index in [9.17, 15) is 13.9 Å². The van der Waals surface area contributed by atoms with Gasteiger partial charge in [-0.2, -0.15) is 0 Å². The molecule has 1 heterocycles. The molecule has 0 aromatic heterocycles. The molecule has 2 atom stereocenters. The lowest BCUT2D eigenvalue weighted by molar-refractivity contribution is 0.0148. The molecule has 2 aromatic rings. The molecule has 2 aromatic carbocycles. The van der Waals surface area contributed by atoms with Gasteiger partial charge < -0.3 is 5.11 Å². The van der Waals surface area contributed by atoms with Crippen LogP contribution in [0.1, 0.15) is 24.0 Å². The SMILES string of the molecule is NC(O)(CC1CCN(Cc2ccccc2)C1)c1ccc(F)cc1F. The standard InChI is InChI=1S/C19H22F2N2O/c20-16-6-7-17(18(21)10-16)19(22,24)11-15-8-9-23(13-15)12-14-4-2-1-3-5-14/h1-7,10,15,24H,8-9,11-13,22H2. The third-order valence-corrected chi connectivity index (χ3v) is 4.62. The van der Waals surface area contributed by atoms with E-state index in [0.29, 0.717) is 0 Å². The molecule has 0 radical (unpaired) electrons. The molecule has 3 N–H and O–H groups in total. The highest BCUT2D eigenvalue weighted by molar-refractivity contribution is 5.24. The molecule has 1 aliphatic rings. The summed E-state index contributed by atoms with van der Waals surface area (Å²) < 4.78 is 26.9. The van der Waals surface area contributed by atoms with Crippen molar-refractivity contribution in [3.63, 3.8) is 0 Å². The van der Waals surface area contributed by atoms with Gasteiger partial charge in [-0.1, -0.05) is 30.3 Å². The average molecular weight is 332 g/mol. The van der Waals surface area contributed by atoms with E-state index in [1.54, 1.807) is 0 Å². The highest BCUT2D eigenvalue weighted by Gasteiger charge is 2.34. The maximum Gasteiger partial charge on any atom is 0.142 e. The first-order valence-corrected chi connectivity index (χ1v) is 8.17. The molecule has 0 aliphatic carbocycles. The first-order chi connectivity index (χ1) is 11.4. The van der Waals surface area contributed by atoms with E-state index in [1.165, 1.54) is 11.6 Å². The van der Waals surface area contributed by atoms with Gasteiger partial charge in [-0.05, 0) is 43.0 Å². The molecule has 0 spiro atoms. The minimum atomic E-state index is -1.79. The fourth-order valence-electron chi connectivity index (χ4n) is 3.46.